The van der Waals surface area contributed by atoms with E-state index in [1.807, 2.05) is 0 Å². The van der Waals surface area contributed by atoms with Crippen molar-refractivity contribution in [2.45, 2.75) is 18.3 Å². The van der Waals surface area contributed by atoms with E-state index in [0.29, 0.717) is 0 Å². The summed E-state index contributed by atoms with van der Waals surface area (Å²) in [5, 5.41) is 3.86. The molecule has 10 rings (SSSR count). The molecule has 6 aromatic carbocycles. The zero-order valence-electron chi connectivity index (χ0n) is 24.0. The molecule has 3 aliphatic rings. The fraction of sp³-hybridized carbons (Fsp3) is 0.0714. The summed E-state index contributed by atoms with van der Waals surface area (Å²) in [5.41, 5.74) is 15.4. The van der Waals surface area contributed by atoms with Gasteiger partial charge in [-0.3, -0.25) is 0 Å². The van der Waals surface area contributed by atoms with Gasteiger partial charge in [-0.25, -0.2) is 4.98 Å². The van der Waals surface area contributed by atoms with Crippen molar-refractivity contribution in [1.29, 1.82) is 0 Å². The molecule has 1 unspecified atom stereocenters. The second-order valence-corrected chi connectivity index (χ2v) is 13.2. The molecule has 0 saturated carbocycles. The van der Waals surface area contributed by atoms with Gasteiger partial charge in [0.05, 0.1) is 15.6 Å². The molecule has 2 heteroatoms. The zero-order valence-corrected chi connectivity index (χ0v) is 24.9. The van der Waals surface area contributed by atoms with Crippen LogP contribution < -0.4 is 0 Å². The Balaban J connectivity index is 1.36. The Morgan fingerprint density at radius 3 is 2.43 bits per heavy atom. The molecule has 1 nitrogen and oxygen atoms in total. The van der Waals surface area contributed by atoms with E-state index in [2.05, 4.69) is 140 Å². The number of thiazole rings is 1. The minimum atomic E-state index is -0.486. The number of hydrogen-bond donors (Lipinski definition) is 0. The molecule has 1 aromatic heterocycles. The Labute approximate surface area is 260 Å². The number of benzene rings is 6. The second-order valence-electron chi connectivity index (χ2n) is 12.2. The highest BCUT2D eigenvalue weighted by Gasteiger charge is 2.47. The number of allylic oxidation sites excluding steroid dienone is 3. The first-order valence-electron chi connectivity index (χ1n) is 15.4. The zero-order chi connectivity index (χ0) is 28.8. The highest BCUT2D eigenvalue weighted by Crippen LogP contribution is 2.59. The standard InChI is InChI=1S/C42H27NS/c1-2-13-30(14-3-1)42(36-24-28-12-8-10-26-20-21-27-11-9-16-33(36)40(27)39(26)28)34-17-5-4-15-31(34)32-23-22-29(25-35(32)42)41-43-37-18-6-7-19-38(37)44-41/h1-9,11-20,22-25H,10,21H2. The van der Waals surface area contributed by atoms with Crippen LogP contribution in [-0.4, -0.2) is 4.98 Å². The van der Waals surface area contributed by atoms with Gasteiger partial charge in [0.1, 0.15) is 5.01 Å². The molecule has 1 atom stereocenters. The van der Waals surface area contributed by atoms with Gasteiger partial charge in [0.15, 0.2) is 0 Å². The van der Waals surface area contributed by atoms with Crippen molar-refractivity contribution in [2.24, 2.45) is 0 Å². The number of para-hydroxylation sites is 1. The number of hydrogen-bond acceptors (Lipinski definition) is 2. The molecule has 0 radical (unpaired) electrons. The first kappa shape index (κ1) is 24.4. The lowest BCUT2D eigenvalue weighted by molar-refractivity contribution is 0.776. The van der Waals surface area contributed by atoms with E-state index >= 15 is 0 Å². The van der Waals surface area contributed by atoms with Crippen molar-refractivity contribution in [1.82, 2.24) is 4.98 Å². The van der Waals surface area contributed by atoms with Gasteiger partial charge in [-0.1, -0.05) is 115 Å². The van der Waals surface area contributed by atoms with Crippen LogP contribution in [0, 0.1) is 0 Å². The quantitative estimate of drug-likeness (QED) is 0.204. The first-order valence-corrected chi connectivity index (χ1v) is 16.2. The van der Waals surface area contributed by atoms with Crippen LogP contribution in [0.3, 0.4) is 0 Å². The van der Waals surface area contributed by atoms with Crippen LogP contribution in [0.15, 0.2) is 133 Å². The lowest BCUT2D eigenvalue weighted by Crippen LogP contribution is -2.29. The molecule has 0 aliphatic heterocycles. The third-order valence-electron chi connectivity index (χ3n) is 10.0. The molecule has 7 aromatic rings. The Morgan fingerprint density at radius 2 is 1.50 bits per heavy atom. The highest BCUT2D eigenvalue weighted by molar-refractivity contribution is 7.21. The summed E-state index contributed by atoms with van der Waals surface area (Å²) in [4.78, 5) is 5.09. The number of fused-ring (bicyclic) bond motifs is 4. The van der Waals surface area contributed by atoms with Crippen molar-refractivity contribution in [3.63, 3.8) is 0 Å². The van der Waals surface area contributed by atoms with Gasteiger partial charge in [0, 0.05) is 5.56 Å². The van der Waals surface area contributed by atoms with E-state index < -0.39 is 5.41 Å². The topological polar surface area (TPSA) is 12.9 Å². The summed E-state index contributed by atoms with van der Waals surface area (Å²) in [5.74, 6) is 0. The molecule has 206 valence electrons. The van der Waals surface area contributed by atoms with E-state index in [-0.39, 0.29) is 0 Å². The highest BCUT2D eigenvalue weighted by atomic mass is 32.1. The third kappa shape index (κ3) is 3.16. The summed E-state index contributed by atoms with van der Waals surface area (Å²) in [7, 11) is 0. The molecule has 0 N–H and O–H groups in total. The Morgan fingerprint density at radius 1 is 0.659 bits per heavy atom. The number of aromatic nitrogens is 1. The Kier molecular flexibility index (Phi) is 4.98. The van der Waals surface area contributed by atoms with Gasteiger partial charge >= 0.3 is 0 Å². The largest absolute Gasteiger partial charge is 0.236 e. The Hall–Kier alpha value is -5.05. The SMILES string of the molecule is C1=Cc2cc(C3(c4ccccc4)c4ccccc4-c4ccc(-c5nc6ccccc6s5)cc43)c3cccc4c3c2C(=CC4)C1. The van der Waals surface area contributed by atoms with Crippen LogP contribution in [0.25, 0.3) is 54.3 Å². The van der Waals surface area contributed by atoms with E-state index in [1.165, 1.54) is 76.7 Å². The normalized spacial score (nSPS) is 17.5. The monoisotopic (exact) mass is 577 g/mol. The van der Waals surface area contributed by atoms with Gasteiger partial charge in [0.2, 0.25) is 0 Å². The van der Waals surface area contributed by atoms with Crippen LogP contribution in [0.4, 0.5) is 0 Å². The molecule has 3 aliphatic carbocycles. The third-order valence-corrected chi connectivity index (χ3v) is 11.1. The van der Waals surface area contributed by atoms with Gasteiger partial charge < -0.3 is 0 Å². The lowest BCUT2D eigenvalue weighted by Gasteiger charge is -2.37. The van der Waals surface area contributed by atoms with Gasteiger partial charge in [-0.2, -0.15) is 0 Å². The number of nitrogens with zero attached hydrogens (tertiary/aromatic N) is 1. The minimum absolute atomic E-state index is 0.486. The summed E-state index contributed by atoms with van der Waals surface area (Å²) in [6.45, 7) is 0. The maximum atomic E-state index is 5.09. The first-order chi connectivity index (χ1) is 21.8. The molecular formula is C42H27NS. The molecule has 0 bridgehead atoms. The predicted molar refractivity (Wildman–Crippen MR) is 185 cm³/mol. The molecule has 0 fully saturated rings. The van der Waals surface area contributed by atoms with Crippen LogP contribution in [0.5, 0.6) is 0 Å². The summed E-state index contributed by atoms with van der Waals surface area (Å²) in [6.07, 6.45) is 9.14. The Bertz CT molecular complexity index is 2360. The predicted octanol–water partition coefficient (Wildman–Crippen LogP) is 10.8. The minimum Gasteiger partial charge on any atom is -0.236 e. The van der Waals surface area contributed by atoms with Crippen LogP contribution >= 0.6 is 11.3 Å². The molecule has 0 saturated heterocycles. The fourth-order valence-corrected chi connectivity index (χ4v) is 9.18. The average molecular weight is 578 g/mol. The smallest absolute Gasteiger partial charge is 0.124 e. The van der Waals surface area contributed by atoms with E-state index in [9.17, 15) is 0 Å². The fourth-order valence-electron chi connectivity index (χ4n) is 8.21. The van der Waals surface area contributed by atoms with Gasteiger partial charge in [-0.15, -0.1) is 11.3 Å². The molecule has 0 amide bonds. The second kappa shape index (κ2) is 8.98. The van der Waals surface area contributed by atoms with E-state index in [0.717, 1.165) is 23.4 Å². The van der Waals surface area contributed by atoms with Gasteiger partial charge in [-0.05, 0) is 104 Å². The van der Waals surface area contributed by atoms with Crippen molar-refractivity contribution in [2.75, 3.05) is 0 Å². The van der Waals surface area contributed by atoms with Crippen LogP contribution in [0.2, 0.25) is 0 Å². The molecular weight excluding hydrogens is 551 g/mol. The molecule has 0 spiro atoms. The van der Waals surface area contributed by atoms with Crippen molar-refractivity contribution in [3.05, 3.63) is 172 Å². The van der Waals surface area contributed by atoms with E-state index in [1.54, 1.807) is 11.3 Å². The maximum absolute atomic E-state index is 5.09. The van der Waals surface area contributed by atoms with Crippen molar-refractivity contribution < 1.29 is 0 Å². The number of rotatable bonds is 3. The summed E-state index contributed by atoms with van der Waals surface area (Å²) in [6, 6.07) is 45.3. The summed E-state index contributed by atoms with van der Waals surface area (Å²) >= 11 is 1.78. The van der Waals surface area contributed by atoms with Crippen LogP contribution in [-0.2, 0) is 11.8 Å². The summed E-state index contributed by atoms with van der Waals surface area (Å²) < 4.78 is 1.22. The lowest BCUT2D eigenvalue weighted by atomic mass is 9.65. The van der Waals surface area contributed by atoms with Gasteiger partial charge in [0.25, 0.3) is 0 Å². The average Bonchev–Trinajstić information content (AvgIpc) is 3.65. The molecule has 44 heavy (non-hydrogen) atoms. The van der Waals surface area contributed by atoms with Crippen molar-refractivity contribution >= 4 is 44.0 Å². The van der Waals surface area contributed by atoms with Crippen molar-refractivity contribution in [3.8, 4) is 21.7 Å². The maximum Gasteiger partial charge on any atom is 0.124 e. The van der Waals surface area contributed by atoms with Crippen LogP contribution in [0.1, 0.15) is 45.4 Å². The van der Waals surface area contributed by atoms with E-state index in [4.69, 9.17) is 4.98 Å². The molecule has 1 heterocycles.